The Balaban J connectivity index is 1.63. The SMILES string of the molecule is CCN(CC)C(=O)[C@@]1(c2ccccc2)C[C@@H]1CN1C(=O)c2ccccc2C1=O. The van der Waals surface area contributed by atoms with Crippen LogP contribution < -0.4 is 0 Å². The number of rotatable bonds is 6. The van der Waals surface area contributed by atoms with Crippen molar-refractivity contribution in [1.82, 2.24) is 9.80 Å². The highest BCUT2D eigenvalue weighted by molar-refractivity contribution is 6.21. The van der Waals surface area contributed by atoms with Crippen LogP contribution in [0.2, 0.25) is 0 Å². The van der Waals surface area contributed by atoms with Gasteiger partial charge in [-0.2, -0.15) is 0 Å². The van der Waals surface area contributed by atoms with Gasteiger partial charge in [0.15, 0.2) is 0 Å². The number of fused-ring (bicyclic) bond motifs is 1. The average molecular weight is 376 g/mol. The summed E-state index contributed by atoms with van der Waals surface area (Å²) < 4.78 is 0. The van der Waals surface area contributed by atoms with E-state index in [9.17, 15) is 14.4 Å². The summed E-state index contributed by atoms with van der Waals surface area (Å²) in [7, 11) is 0. The van der Waals surface area contributed by atoms with E-state index in [4.69, 9.17) is 0 Å². The minimum Gasteiger partial charge on any atom is -0.342 e. The monoisotopic (exact) mass is 376 g/mol. The van der Waals surface area contributed by atoms with Gasteiger partial charge in [0, 0.05) is 19.6 Å². The van der Waals surface area contributed by atoms with E-state index in [2.05, 4.69) is 0 Å². The van der Waals surface area contributed by atoms with Gasteiger partial charge in [-0.1, -0.05) is 42.5 Å². The highest BCUT2D eigenvalue weighted by atomic mass is 16.2. The van der Waals surface area contributed by atoms with Crippen molar-refractivity contribution in [3.8, 4) is 0 Å². The number of hydrogen-bond acceptors (Lipinski definition) is 3. The Morgan fingerprint density at radius 3 is 2.04 bits per heavy atom. The molecule has 0 unspecified atom stereocenters. The molecule has 5 heteroatoms. The van der Waals surface area contributed by atoms with Crippen molar-refractivity contribution < 1.29 is 14.4 Å². The molecule has 28 heavy (non-hydrogen) atoms. The summed E-state index contributed by atoms with van der Waals surface area (Å²) in [6.07, 6.45) is 0.653. The Labute approximate surface area is 164 Å². The molecule has 0 saturated heterocycles. The van der Waals surface area contributed by atoms with Crippen LogP contribution in [0, 0.1) is 5.92 Å². The van der Waals surface area contributed by atoms with Crippen LogP contribution in [-0.2, 0) is 10.2 Å². The normalized spacial score (nSPS) is 22.9. The predicted molar refractivity (Wildman–Crippen MR) is 106 cm³/mol. The number of benzene rings is 2. The molecule has 0 radical (unpaired) electrons. The maximum Gasteiger partial charge on any atom is 0.261 e. The molecule has 0 bridgehead atoms. The van der Waals surface area contributed by atoms with Crippen molar-refractivity contribution in [2.75, 3.05) is 19.6 Å². The van der Waals surface area contributed by atoms with Crippen molar-refractivity contribution in [2.45, 2.75) is 25.7 Å². The summed E-state index contributed by atoms with van der Waals surface area (Å²) in [6.45, 7) is 5.50. The largest absolute Gasteiger partial charge is 0.342 e. The van der Waals surface area contributed by atoms with E-state index in [0.717, 1.165) is 5.56 Å². The van der Waals surface area contributed by atoms with Crippen molar-refractivity contribution in [1.29, 1.82) is 0 Å². The van der Waals surface area contributed by atoms with Crippen LogP contribution in [0.3, 0.4) is 0 Å². The van der Waals surface area contributed by atoms with Gasteiger partial charge in [-0.25, -0.2) is 0 Å². The number of carbonyl (C=O) groups is 3. The van der Waals surface area contributed by atoms with E-state index >= 15 is 0 Å². The molecule has 0 N–H and O–H groups in total. The third-order valence-electron chi connectivity index (χ3n) is 6.11. The first-order valence-electron chi connectivity index (χ1n) is 9.84. The summed E-state index contributed by atoms with van der Waals surface area (Å²) in [5.41, 5.74) is 1.22. The summed E-state index contributed by atoms with van der Waals surface area (Å²) in [4.78, 5) is 42.0. The molecule has 2 aromatic carbocycles. The van der Waals surface area contributed by atoms with Crippen molar-refractivity contribution in [3.63, 3.8) is 0 Å². The van der Waals surface area contributed by atoms with Crippen LogP contribution in [0.5, 0.6) is 0 Å². The van der Waals surface area contributed by atoms with Crippen LogP contribution in [0.25, 0.3) is 0 Å². The topological polar surface area (TPSA) is 57.7 Å². The molecule has 1 aliphatic carbocycles. The van der Waals surface area contributed by atoms with Crippen molar-refractivity contribution >= 4 is 17.7 Å². The predicted octanol–water partition coefficient (Wildman–Crippen LogP) is 3.11. The molecule has 3 amide bonds. The van der Waals surface area contributed by atoms with Gasteiger partial charge in [-0.15, -0.1) is 0 Å². The lowest BCUT2D eigenvalue weighted by Crippen LogP contribution is -2.42. The fourth-order valence-electron chi connectivity index (χ4n) is 4.44. The fraction of sp³-hybridized carbons (Fsp3) is 0.348. The van der Waals surface area contributed by atoms with Crippen LogP contribution in [0.4, 0.5) is 0 Å². The van der Waals surface area contributed by atoms with Crippen LogP contribution >= 0.6 is 0 Å². The molecular weight excluding hydrogens is 352 g/mol. The zero-order valence-corrected chi connectivity index (χ0v) is 16.2. The Morgan fingerprint density at radius 1 is 0.964 bits per heavy atom. The van der Waals surface area contributed by atoms with Crippen molar-refractivity contribution in [2.24, 2.45) is 5.92 Å². The Bertz CT molecular complexity index is 901. The second kappa shape index (κ2) is 6.89. The van der Waals surface area contributed by atoms with Gasteiger partial charge in [-0.05, 0) is 43.9 Å². The smallest absolute Gasteiger partial charge is 0.261 e. The van der Waals surface area contributed by atoms with Crippen LogP contribution in [0.1, 0.15) is 46.5 Å². The molecule has 1 heterocycles. The number of hydrogen-bond donors (Lipinski definition) is 0. The highest BCUT2D eigenvalue weighted by Gasteiger charge is 2.63. The Hall–Kier alpha value is -2.95. The minimum absolute atomic E-state index is 0.0646. The van der Waals surface area contributed by atoms with E-state index in [1.807, 2.05) is 49.1 Å². The molecule has 1 saturated carbocycles. The van der Waals surface area contributed by atoms with E-state index in [-0.39, 0.29) is 30.2 Å². The standard InChI is InChI=1S/C23H24N2O3/c1-3-24(4-2)22(28)23(16-10-6-5-7-11-16)14-17(23)15-25-20(26)18-12-8-9-13-19(18)21(25)27/h5-13,17H,3-4,14-15H2,1-2H3/t17-,23-/m1/s1. The number of imide groups is 1. The molecule has 144 valence electrons. The highest BCUT2D eigenvalue weighted by Crippen LogP contribution is 2.56. The van der Waals surface area contributed by atoms with Gasteiger partial charge in [0.2, 0.25) is 5.91 Å². The molecule has 2 aliphatic rings. The molecule has 2 atom stereocenters. The Morgan fingerprint density at radius 2 is 1.50 bits per heavy atom. The summed E-state index contributed by atoms with van der Waals surface area (Å²) in [6, 6.07) is 16.7. The first kappa shape index (κ1) is 18.4. The summed E-state index contributed by atoms with van der Waals surface area (Å²) >= 11 is 0. The zero-order valence-electron chi connectivity index (χ0n) is 16.2. The second-order valence-corrected chi connectivity index (χ2v) is 7.48. The maximum absolute atomic E-state index is 13.4. The molecular formula is C23H24N2O3. The van der Waals surface area contributed by atoms with Gasteiger partial charge >= 0.3 is 0 Å². The number of likely N-dealkylation sites (N-methyl/N-ethyl adjacent to an activating group) is 1. The lowest BCUT2D eigenvalue weighted by atomic mass is 9.91. The molecule has 4 rings (SSSR count). The summed E-state index contributed by atoms with van der Waals surface area (Å²) in [5.74, 6) is -0.495. The van der Waals surface area contributed by atoms with E-state index < -0.39 is 5.41 Å². The van der Waals surface area contributed by atoms with Gasteiger partial charge in [0.05, 0.1) is 16.5 Å². The minimum atomic E-state index is -0.650. The van der Waals surface area contributed by atoms with E-state index in [1.165, 1.54) is 4.90 Å². The van der Waals surface area contributed by atoms with Crippen LogP contribution in [0.15, 0.2) is 54.6 Å². The molecule has 2 aromatic rings. The maximum atomic E-state index is 13.4. The van der Waals surface area contributed by atoms with Gasteiger partial charge in [0.25, 0.3) is 11.8 Å². The number of nitrogens with zero attached hydrogens (tertiary/aromatic N) is 2. The molecule has 5 nitrogen and oxygen atoms in total. The number of carbonyl (C=O) groups excluding carboxylic acids is 3. The third-order valence-corrected chi connectivity index (χ3v) is 6.11. The van der Waals surface area contributed by atoms with E-state index in [0.29, 0.717) is 30.6 Å². The van der Waals surface area contributed by atoms with E-state index in [1.54, 1.807) is 24.3 Å². The van der Waals surface area contributed by atoms with Gasteiger partial charge < -0.3 is 4.90 Å². The van der Waals surface area contributed by atoms with Gasteiger partial charge in [0.1, 0.15) is 0 Å². The molecule has 0 aromatic heterocycles. The van der Waals surface area contributed by atoms with Gasteiger partial charge in [-0.3, -0.25) is 19.3 Å². The lowest BCUT2D eigenvalue weighted by Gasteiger charge is -2.27. The van der Waals surface area contributed by atoms with Crippen molar-refractivity contribution in [3.05, 3.63) is 71.3 Å². The Kier molecular flexibility index (Phi) is 4.53. The first-order valence-corrected chi connectivity index (χ1v) is 9.84. The second-order valence-electron chi connectivity index (χ2n) is 7.48. The lowest BCUT2D eigenvalue weighted by molar-refractivity contribution is -0.134. The molecule has 0 spiro atoms. The summed E-state index contributed by atoms with van der Waals surface area (Å²) in [5, 5.41) is 0. The average Bonchev–Trinajstić information content (AvgIpc) is 3.42. The first-order chi connectivity index (χ1) is 13.5. The van der Waals surface area contributed by atoms with Crippen LogP contribution in [-0.4, -0.2) is 47.2 Å². The third kappa shape index (κ3) is 2.65. The molecule has 1 fully saturated rings. The zero-order chi connectivity index (χ0) is 19.9. The number of amides is 3. The molecule has 1 aliphatic heterocycles. The fourth-order valence-corrected chi connectivity index (χ4v) is 4.44. The quantitative estimate of drug-likeness (QED) is 0.728.